The second-order valence-corrected chi connectivity index (χ2v) is 9.39. The lowest BCUT2D eigenvalue weighted by Crippen LogP contribution is -2.35. The van der Waals surface area contributed by atoms with Crippen molar-refractivity contribution < 1.29 is 13.2 Å². The minimum absolute atomic E-state index is 0.0788. The number of nitrogens with one attached hydrogen (secondary N) is 1. The summed E-state index contributed by atoms with van der Waals surface area (Å²) in [6.07, 6.45) is 3.96. The van der Waals surface area contributed by atoms with Gasteiger partial charge in [0.15, 0.2) is 0 Å². The van der Waals surface area contributed by atoms with Gasteiger partial charge in [-0.25, -0.2) is 8.42 Å². The molecule has 0 saturated carbocycles. The van der Waals surface area contributed by atoms with Crippen LogP contribution in [0.15, 0.2) is 47.4 Å². The Morgan fingerprint density at radius 1 is 0.964 bits per heavy atom. The van der Waals surface area contributed by atoms with E-state index in [9.17, 15) is 13.2 Å². The van der Waals surface area contributed by atoms with Gasteiger partial charge in [0.1, 0.15) is 0 Å². The Hall–Kier alpha value is -2.18. The first-order valence-corrected chi connectivity index (χ1v) is 11.3. The van der Waals surface area contributed by atoms with Crippen LogP contribution in [0.1, 0.15) is 42.4 Å². The molecule has 150 valence electrons. The topological polar surface area (TPSA) is 66.5 Å². The lowest BCUT2D eigenvalue weighted by atomic mass is 10.0. The highest BCUT2D eigenvalue weighted by Gasteiger charge is 2.25. The summed E-state index contributed by atoms with van der Waals surface area (Å²) in [7, 11) is -3.44. The van der Waals surface area contributed by atoms with Crippen LogP contribution in [0, 0.1) is 13.8 Å². The zero-order valence-electron chi connectivity index (χ0n) is 16.6. The second kappa shape index (κ2) is 8.88. The fourth-order valence-electron chi connectivity index (χ4n) is 3.40. The van der Waals surface area contributed by atoms with Gasteiger partial charge in [-0.2, -0.15) is 4.31 Å². The van der Waals surface area contributed by atoms with Crippen LogP contribution in [0.25, 0.3) is 0 Å². The van der Waals surface area contributed by atoms with Crippen LogP contribution >= 0.6 is 0 Å². The van der Waals surface area contributed by atoms with Crippen molar-refractivity contribution in [2.75, 3.05) is 18.4 Å². The molecule has 1 fully saturated rings. The van der Waals surface area contributed by atoms with E-state index in [1.807, 2.05) is 0 Å². The average molecular weight is 401 g/mol. The van der Waals surface area contributed by atoms with Gasteiger partial charge in [0, 0.05) is 25.2 Å². The number of aryl methyl sites for hydroxylation is 3. The van der Waals surface area contributed by atoms with Crippen molar-refractivity contribution >= 4 is 21.6 Å². The largest absolute Gasteiger partial charge is 0.326 e. The summed E-state index contributed by atoms with van der Waals surface area (Å²) < 4.78 is 26.9. The molecule has 0 aliphatic carbocycles. The van der Waals surface area contributed by atoms with Gasteiger partial charge in [-0.3, -0.25) is 4.79 Å². The third kappa shape index (κ3) is 5.00. The molecule has 0 atom stereocenters. The maximum Gasteiger partial charge on any atom is 0.243 e. The molecular formula is C22H28N2O3S. The molecule has 0 bridgehead atoms. The molecule has 1 aliphatic rings. The van der Waals surface area contributed by atoms with Crippen LogP contribution in [0.4, 0.5) is 5.69 Å². The molecule has 0 spiro atoms. The maximum atomic E-state index is 12.7. The van der Waals surface area contributed by atoms with Gasteiger partial charge in [-0.05, 0) is 74.1 Å². The molecule has 28 heavy (non-hydrogen) atoms. The highest BCUT2D eigenvalue weighted by molar-refractivity contribution is 7.89. The molecule has 1 saturated heterocycles. The molecule has 1 amide bonds. The van der Waals surface area contributed by atoms with Crippen molar-refractivity contribution in [1.82, 2.24) is 4.31 Å². The van der Waals surface area contributed by atoms with E-state index in [1.54, 1.807) is 28.6 Å². The number of nitrogens with zero attached hydrogens (tertiary/aromatic N) is 1. The molecule has 5 nitrogen and oxygen atoms in total. The van der Waals surface area contributed by atoms with E-state index < -0.39 is 10.0 Å². The van der Waals surface area contributed by atoms with Crippen molar-refractivity contribution in [3.63, 3.8) is 0 Å². The predicted molar refractivity (Wildman–Crippen MR) is 112 cm³/mol. The zero-order chi connectivity index (χ0) is 20.1. The standard InChI is InChI=1S/C22H28N2O3S/c1-17-6-7-19(16-18(17)2)8-13-22(25)23-20-9-11-21(12-10-20)28(26,27)24-14-4-3-5-15-24/h6-7,9-12,16H,3-5,8,13-15H2,1-2H3,(H,23,25). The van der Waals surface area contributed by atoms with Crippen molar-refractivity contribution in [2.45, 2.75) is 50.8 Å². The van der Waals surface area contributed by atoms with Crippen molar-refractivity contribution in [3.05, 3.63) is 59.2 Å². The molecule has 1 heterocycles. The molecular weight excluding hydrogens is 372 g/mol. The van der Waals surface area contributed by atoms with Crippen LogP contribution in [0.3, 0.4) is 0 Å². The van der Waals surface area contributed by atoms with Gasteiger partial charge < -0.3 is 5.32 Å². The number of hydrogen-bond acceptors (Lipinski definition) is 3. The number of sulfonamides is 1. The first-order valence-electron chi connectivity index (χ1n) is 9.82. The van der Waals surface area contributed by atoms with E-state index in [0.717, 1.165) is 24.8 Å². The van der Waals surface area contributed by atoms with Gasteiger partial charge >= 0.3 is 0 Å². The van der Waals surface area contributed by atoms with Crippen LogP contribution in [-0.4, -0.2) is 31.7 Å². The molecule has 3 rings (SSSR count). The number of amides is 1. The molecule has 6 heteroatoms. The van der Waals surface area contributed by atoms with Crippen molar-refractivity contribution in [3.8, 4) is 0 Å². The second-order valence-electron chi connectivity index (χ2n) is 7.46. The fourth-order valence-corrected chi connectivity index (χ4v) is 4.92. The van der Waals surface area contributed by atoms with Crippen molar-refractivity contribution in [1.29, 1.82) is 0 Å². The first kappa shape index (κ1) is 20.6. The number of benzene rings is 2. The van der Waals surface area contributed by atoms with Crippen LogP contribution in [-0.2, 0) is 21.2 Å². The minimum Gasteiger partial charge on any atom is -0.326 e. The van der Waals surface area contributed by atoms with E-state index in [0.29, 0.717) is 31.6 Å². The van der Waals surface area contributed by atoms with Gasteiger partial charge in [0.25, 0.3) is 0 Å². The molecule has 2 aromatic carbocycles. The lowest BCUT2D eigenvalue weighted by Gasteiger charge is -2.25. The van der Waals surface area contributed by atoms with E-state index >= 15 is 0 Å². The van der Waals surface area contributed by atoms with Crippen molar-refractivity contribution in [2.24, 2.45) is 0 Å². The van der Waals surface area contributed by atoms with Crippen LogP contribution in [0.2, 0.25) is 0 Å². The summed E-state index contributed by atoms with van der Waals surface area (Å²) in [5.74, 6) is -0.0788. The normalized spacial score (nSPS) is 15.4. The molecule has 0 radical (unpaired) electrons. The van der Waals surface area contributed by atoms with E-state index in [-0.39, 0.29) is 10.8 Å². The molecule has 1 N–H and O–H groups in total. The quantitative estimate of drug-likeness (QED) is 0.795. The number of anilines is 1. The number of piperidine rings is 1. The molecule has 0 unspecified atom stereocenters. The van der Waals surface area contributed by atoms with Gasteiger partial charge in [0.05, 0.1) is 4.90 Å². The Kier molecular flexibility index (Phi) is 6.52. The summed E-state index contributed by atoms with van der Waals surface area (Å²) in [4.78, 5) is 12.5. The summed E-state index contributed by atoms with van der Waals surface area (Å²) in [6, 6.07) is 12.7. The third-order valence-electron chi connectivity index (χ3n) is 5.30. The van der Waals surface area contributed by atoms with E-state index in [4.69, 9.17) is 0 Å². The van der Waals surface area contributed by atoms with E-state index in [1.165, 1.54) is 11.1 Å². The highest BCUT2D eigenvalue weighted by atomic mass is 32.2. The van der Waals surface area contributed by atoms with Gasteiger partial charge in [0.2, 0.25) is 15.9 Å². The third-order valence-corrected chi connectivity index (χ3v) is 7.22. The van der Waals surface area contributed by atoms with Gasteiger partial charge in [-0.15, -0.1) is 0 Å². The number of carbonyl (C=O) groups excluding carboxylic acids is 1. The Balaban J connectivity index is 1.57. The maximum absolute atomic E-state index is 12.7. The molecule has 0 aromatic heterocycles. The first-order chi connectivity index (χ1) is 13.4. The smallest absolute Gasteiger partial charge is 0.243 e. The fraction of sp³-hybridized carbons (Fsp3) is 0.409. The number of carbonyl (C=O) groups is 1. The highest BCUT2D eigenvalue weighted by Crippen LogP contribution is 2.22. The Morgan fingerprint density at radius 3 is 2.29 bits per heavy atom. The Bertz CT molecular complexity index is 931. The van der Waals surface area contributed by atoms with Crippen LogP contribution < -0.4 is 5.32 Å². The molecule has 1 aliphatic heterocycles. The van der Waals surface area contributed by atoms with Gasteiger partial charge in [-0.1, -0.05) is 24.6 Å². The lowest BCUT2D eigenvalue weighted by molar-refractivity contribution is -0.116. The summed E-state index contributed by atoms with van der Waals surface area (Å²) in [5, 5.41) is 2.85. The van der Waals surface area contributed by atoms with Crippen LogP contribution in [0.5, 0.6) is 0 Å². The minimum atomic E-state index is -3.44. The Morgan fingerprint density at radius 2 is 1.64 bits per heavy atom. The summed E-state index contributed by atoms with van der Waals surface area (Å²) in [5.41, 5.74) is 4.22. The summed E-state index contributed by atoms with van der Waals surface area (Å²) in [6.45, 7) is 5.30. The number of rotatable bonds is 6. The molecule has 2 aromatic rings. The van der Waals surface area contributed by atoms with E-state index in [2.05, 4.69) is 37.4 Å². The summed E-state index contributed by atoms with van der Waals surface area (Å²) >= 11 is 0. The number of hydrogen-bond donors (Lipinski definition) is 1. The predicted octanol–water partition coefficient (Wildman–Crippen LogP) is 4.05. The SMILES string of the molecule is Cc1ccc(CCC(=O)Nc2ccc(S(=O)(=O)N3CCCCC3)cc2)cc1C. The Labute approximate surface area is 167 Å². The zero-order valence-corrected chi connectivity index (χ0v) is 17.4. The monoisotopic (exact) mass is 400 g/mol. The average Bonchev–Trinajstić information content (AvgIpc) is 2.70.